The molecule has 0 amide bonds. The molecule has 0 aliphatic heterocycles. The predicted octanol–water partition coefficient (Wildman–Crippen LogP) is 6.69. The molecule has 1 aromatic heterocycles. The molecule has 3 aromatic rings. The van der Waals surface area contributed by atoms with Gasteiger partial charge >= 0.3 is 0 Å². The zero-order valence-corrected chi connectivity index (χ0v) is 13.7. The van der Waals surface area contributed by atoms with Gasteiger partial charge in [0.25, 0.3) is 0 Å². The first-order valence-corrected chi connectivity index (χ1v) is 8.21. The Balaban J connectivity index is 2.05. The van der Waals surface area contributed by atoms with Gasteiger partial charge in [0, 0.05) is 19.6 Å². The van der Waals surface area contributed by atoms with E-state index in [0.717, 1.165) is 5.56 Å². The quantitative estimate of drug-likeness (QED) is 0.440. The maximum atomic E-state index is 6.26. The number of halogens is 3. The van der Waals surface area contributed by atoms with E-state index >= 15 is 0 Å². The highest BCUT2D eigenvalue weighted by Crippen LogP contribution is 2.41. The van der Waals surface area contributed by atoms with Crippen LogP contribution in [0.4, 0.5) is 0 Å². The molecule has 96 valence electrons. The number of rotatable bonds is 2. The van der Waals surface area contributed by atoms with Crippen LogP contribution in [0.25, 0.3) is 10.1 Å². The summed E-state index contributed by atoms with van der Waals surface area (Å²) in [6.45, 7) is 0. The second-order valence-corrected chi connectivity index (χ2v) is 7.09. The van der Waals surface area contributed by atoms with Gasteiger partial charge in [-0.1, -0.05) is 63.4 Å². The molecule has 0 fully saturated rings. The van der Waals surface area contributed by atoms with Crippen LogP contribution in [0.5, 0.6) is 0 Å². The van der Waals surface area contributed by atoms with Crippen molar-refractivity contribution in [3.63, 3.8) is 0 Å². The Morgan fingerprint density at radius 1 is 1.00 bits per heavy atom. The van der Waals surface area contributed by atoms with Gasteiger partial charge in [0.2, 0.25) is 0 Å². The molecule has 1 unspecified atom stereocenters. The molecule has 0 radical (unpaired) electrons. The monoisotopic (exact) mass is 370 g/mol. The fourth-order valence-electron chi connectivity index (χ4n) is 1.99. The molecule has 0 saturated carbocycles. The lowest BCUT2D eigenvalue weighted by atomic mass is 10.1. The van der Waals surface area contributed by atoms with Crippen molar-refractivity contribution in [1.29, 1.82) is 0 Å². The van der Waals surface area contributed by atoms with Gasteiger partial charge in [-0.2, -0.15) is 0 Å². The summed E-state index contributed by atoms with van der Waals surface area (Å²) in [6.07, 6.45) is 0. The lowest BCUT2D eigenvalue weighted by Gasteiger charge is -2.10. The van der Waals surface area contributed by atoms with E-state index in [0.29, 0.717) is 10.0 Å². The van der Waals surface area contributed by atoms with Crippen LogP contribution in [0.2, 0.25) is 10.0 Å². The predicted molar refractivity (Wildman–Crippen MR) is 89.1 cm³/mol. The third-order valence-corrected chi connectivity index (χ3v) is 5.96. The van der Waals surface area contributed by atoms with E-state index in [9.17, 15) is 0 Å². The van der Waals surface area contributed by atoms with E-state index in [-0.39, 0.29) is 4.83 Å². The topological polar surface area (TPSA) is 0 Å². The number of benzene rings is 2. The van der Waals surface area contributed by atoms with Gasteiger partial charge in [-0.3, -0.25) is 0 Å². The van der Waals surface area contributed by atoms with Gasteiger partial charge in [0.15, 0.2) is 0 Å². The highest BCUT2D eigenvalue weighted by molar-refractivity contribution is 9.09. The zero-order valence-electron chi connectivity index (χ0n) is 9.74. The van der Waals surface area contributed by atoms with Crippen LogP contribution in [-0.4, -0.2) is 0 Å². The normalized spacial score (nSPS) is 12.8. The molecule has 1 heterocycles. The Kier molecular flexibility index (Phi) is 3.86. The Labute approximate surface area is 134 Å². The lowest BCUT2D eigenvalue weighted by molar-refractivity contribution is 1.23. The highest BCUT2D eigenvalue weighted by atomic mass is 79.9. The third kappa shape index (κ3) is 2.68. The maximum Gasteiger partial charge on any atom is 0.0752 e. The van der Waals surface area contributed by atoms with E-state index in [4.69, 9.17) is 23.2 Å². The van der Waals surface area contributed by atoms with Gasteiger partial charge < -0.3 is 0 Å². The molecule has 4 heteroatoms. The number of alkyl halides is 1. The Bertz CT molecular complexity index is 703. The van der Waals surface area contributed by atoms with Crippen molar-refractivity contribution in [2.75, 3.05) is 0 Å². The van der Waals surface area contributed by atoms with Crippen molar-refractivity contribution in [2.24, 2.45) is 0 Å². The lowest BCUT2D eigenvalue weighted by Crippen LogP contribution is -1.90. The van der Waals surface area contributed by atoms with Crippen LogP contribution in [0.1, 0.15) is 15.3 Å². The molecular formula is C15H9BrCl2S. The van der Waals surface area contributed by atoms with Crippen molar-refractivity contribution in [3.8, 4) is 0 Å². The van der Waals surface area contributed by atoms with Gasteiger partial charge in [-0.15, -0.1) is 11.3 Å². The molecule has 2 aromatic carbocycles. The summed E-state index contributed by atoms with van der Waals surface area (Å²) in [4.78, 5) is 1.33. The first-order valence-electron chi connectivity index (χ1n) is 5.72. The average molecular weight is 372 g/mol. The second-order valence-electron chi connectivity index (χ2n) is 4.21. The number of hydrogen-bond donors (Lipinski definition) is 0. The van der Waals surface area contributed by atoms with Crippen LogP contribution in [0.3, 0.4) is 0 Å². The Morgan fingerprint density at radius 3 is 2.53 bits per heavy atom. The molecule has 0 aliphatic carbocycles. The zero-order chi connectivity index (χ0) is 13.4. The van der Waals surface area contributed by atoms with Crippen LogP contribution in [0, 0.1) is 0 Å². The summed E-state index contributed by atoms with van der Waals surface area (Å²) in [5, 5.41) is 2.61. The standard InChI is InChI=1S/C15H9BrCl2S/c16-15(11-6-5-10(17)8-12(11)18)14-7-9-3-1-2-4-13(9)19-14/h1-8,15H. The smallest absolute Gasteiger partial charge is 0.0752 e. The van der Waals surface area contributed by atoms with E-state index < -0.39 is 0 Å². The van der Waals surface area contributed by atoms with Crippen molar-refractivity contribution in [3.05, 3.63) is 69.0 Å². The first kappa shape index (κ1) is 13.4. The van der Waals surface area contributed by atoms with E-state index in [1.165, 1.54) is 15.0 Å². The molecule has 19 heavy (non-hydrogen) atoms. The number of hydrogen-bond acceptors (Lipinski definition) is 1. The fourth-order valence-corrected chi connectivity index (χ4v) is 4.51. The summed E-state index contributed by atoms with van der Waals surface area (Å²) in [7, 11) is 0. The number of fused-ring (bicyclic) bond motifs is 1. The minimum absolute atomic E-state index is 0.0923. The van der Waals surface area contributed by atoms with Crippen molar-refractivity contribution < 1.29 is 0 Å². The maximum absolute atomic E-state index is 6.26. The minimum atomic E-state index is 0.0923. The SMILES string of the molecule is Clc1ccc(C(Br)c2cc3ccccc3s2)c(Cl)c1. The molecule has 3 rings (SSSR count). The van der Waals surface area contributed by atoms with E-state index in [1.54, 1.807) is 17.4 Å². The average Bonchev–Trinajstić information content (AvgIpc) is 2.81. The summed E-state index contributed by atoms with van der Waals surface area (Å²) < 4.78 is 1.28. The third-order valence-electron chi connectivity index (χ3n) is 2.93. The molecule has 0 spiro atoms. The van der Waals surface area contributed by atoms with Crippen LogP contribution < -0.4 is 0 Å². The highest BCUT2D eigenvalue weighted by Gasteiger charge is 2.16. The summed E-state index contributed by atoms with van der Waals surface area (Å²) >= 11 is 17.7. The molecule has 0 bridgehead atoms. The molecule has 0 aliphatic rings. The molecule has 0 N–H and O–H groups in total. The van der Waals surface area contributed by atoms with Crippen molar-refractivity contribution in [1.82, 2.24) is 0 Å². The first-order chi connectivity index (χ1) is 9.15. The van der Waals surface area contributed by atoms with E-state index in [1.807, 2.05) is 12.1 Å². The molecule has 0 saturated heterocycles. The van der Waals surface area contributed by atoms with Gasteiger partial charge in [0.05, 0.1) is 4.83 Å². The van der Waals surface area contributed by atoms with Gasteiger partial charge in [-0.05, 0) is 35.2 Å². The molecular weight excluding hydrogens is 363 g/mol. The van der Waals surface area contributed by atoms with Crippen molar-refractivity contribution in [2.45, 2.75) is 4.83 Å². The summed E-state index contributed by atoms with van der Waals surface area (Å²) in [5.41, 5.74) is 1.04. The van der Waals surface area contributed by atoms with Gasteiger partial charge in [-0.25, -0.2) is 0 Å². The minimum Gasteiger partial charge on any atom is -0.139 e. The second kappa shape index (κ2) is 5.45. The van der Waals surface area contributed by atoms with Crippen molar-refractivity contribution >= 4 is 60.6 Å². The fraction of sp³-hybridized carbons (Fsp3) is 0.0667. The Hall–Kier alpha value is -0.540. The number of thiophene rings is 1. The van der Waals surface area contributed by atoms with E-state index in [2.05, 4.69) is 46.3 Å². The van der Waals surface area contributed by atoms with Gasteiger partial charge in [0.1, 0.15) is 0 Å². The molecule has 0 nitrogen and oxygen atoms in total. The Morgan fingerprint density at radius 2 is 1.79 bits per heavy atom. The van der Waals surface area contributed by atoms with Crippen LogP contribution in [-0.2, 0) is 0 Å². The summed E-state index contributed by atoms with van der Waals surface area (Å²) in [6, 6.07) is 16.2. The molecule has 1 atom stereocenters. The van der Waals surface area contributed by atoms with Crippen LogP contribution in [0.15, 0.2) is 48.5 Å². The summed E-state index contributed by atoms with van der Waals surface area (Å²) in [5.74, 6) is 0. The van der Waals surface area contributed by atoms with Crippen LogP contribution >= 0.6 is 50.5 Å². The largest absolute Gasteiger partial charge is 0.139 e.